The van der Waals surface area contributed by atoms with Crippen molar-refractivity contribution >= 4 is 5.69 Å². The molecule has 4 heteroatoms. The normalized spacial score (nSPS) is 22.2. The lowest BCUT2D eigenvalue weighted by molar-refractivity contribution is 0.280. The zero-order chi connectivity index (χ0) is 13.1. The van der Waals surface area contributed by atoms with E-state index in [1.165, 1.54) is 0 Å². The van der Waals surface area contributed by atoms with Gasteiger partial charge >= 0.3 is 0 Å². The number of benzene rings is 1. The van der Waals surface area contributed by atoms with Gasteiger partial charge in [0.25, 0.3) is 0 Å². The Morgan fingerprint density at radius 3 is 2.39 bits per heavy atom. The van der Waals surface area contributed by atoms with Crippen LogP contribution in [0.4, 0.5) is 5.69 Å². The van der Waals surface area contributed by atoms with Crippen LogP contribution in [0, 0.1) is 12.8 Å². The van der Waals surface area contributed by atoms with E-state index in [-0.39, 0.29) is 0 Å². The number of hydrogen-bond donors (Lipinski definition) is 2. The molecule has 0 aliphatic heterocycles. The summed E-state index contributed by atoms with van der Waals surface area (Å²) in [5, 5.41) is 3.47. The molecule has 4 nitrogen and oxygen atoms in total. The van der Waals surface area contributed by atoms with E-state index in [0.717, 1.165) is 42.1 Å². The van der Waals surface area contributed by atoms with E-state index in [1.54, 1.807) is 14.2 Å². The minimum absolute atomic E-state index is 0.406. The van der Waals surface area contributed by atoms with Gasteiger partial charge in [0, 0.05) is 24.3 Å². The van der Waals surface area contributed by atoms with E-state index in [1.807, 2.05) is 12.1 Å². The van der Waals surface area contributed by atoms with E-state index in [9.17, 15) is 0 Å². The molecule has 0 saturated heterocycles. The van der Waals surface area contributed by atoms with Crippen molar-refractivity contribution in [2.24, 2.45) is 11.7 Å². The molecule has 0 radical (unpaired) electrons. The first-order valence-electron chi connectivity index (χ1n) is 6.36. The smallest absolute Gasteiger partial charge is 0.162 e. The van der Waals surface area contributed by atoms with Gasteiger partial charge in [0.15, 0.2) is 11.5 Å². The number of nitrogens with two attached hydrogens (primary N) is 1. The number of methoxy groups -OCH3 is 2. The van der Waals surface area contributed by atoms with E-state index >= 15 is 0 Å². The number of ether oxygens (including phenoxy) is 2. The largest absolute Gasteiger partial charge is 0.493 e. The number of aryl methyl sites for hydroxylation is 1. The van der Waals surface area contributed by atoms with Gasteiger partial charge in [0.1, 0.15) is 0 Å². The van der Waals surface area contributed by atoms with Gasteiger partial charge < -0.3 is 20.5 Å². The van der Waals surface area contributed by atoms with Crippen molar-refractivity contribution in [3.05, 3.63) is 17.7 Å². The van der Waals surface area contributed by atoms with Gasteiger partial charge in [-0.25, -0.2) is 0 Å². The van der Waals surface area contributed by atoms with E-state index in [0.29, 0.717) is 12.0 Å². The number of anilines is 1. The Kier molecular flexibility index (Phi) is 3.97. The molecule has 0 atom stereocenters. The van der Waals surface area contributed by atoms with Gasteiger partial charge in [-0.3, -0.25) is 0 Å². The Morgan fingerprint density at radius 1 is 1.22 bits per heavy atom. The first-order chi connectivity index (χ1) is 8.63. The van der Waals surface area contributed by atoms with Gasteiger partial charge in [0.05, 0.1) is 14.2 Å². The molecule has 1 aliphatic carbocycles. The molecule has 0 amide bonds. The second kappa shape index (κ2) is 5.48. The Morgan fingerprint density at radius 2 is 1.83 bits per heavy atom. The highest BCUT2D eigenvalue weighted by Gasteiger charge is 2.25. The molecule has 1 aliphatic rings. The zero-order valence-electron chi connectivity index (χ0n) is 11.3. The second-order valence-corrected chi connectivity index (χ2v) is 5.00. The summed E-state index contributed by atoms with van der Waals surface area (Å²) < 4.78 is 10.6. The van der Waals surface area contributed by atoms with Crippen molar-refractivity contribution in [2.75, 3.05) is 26.1 Å². The summed E-state index contributed by atoms with van der Waals surface area (Å²) >= 11 is 0. The summed E-state index contributed by atoms with van der Waals surface area (Å²) in [5.41, 5.74) is 8.05. The minimum Gasteiger partial charge on any atom is -0.493 e. The Balaban J connectivity index is 2.03. The van der Waals surface area contributed by atoms with Gasteiger partial charge in [-0.2, -0.15) is 0 Å². The van der Waals surface area contributed by atoms with Gasteiger partial charge in [-0.1, -0.05) is 0 Å². The summed E-state index contributed by atoms with van der Waals surface area (Å²) in [6.07, 6.45) is 2.25. The maximum absolute atomic E-state index is 5.79. The maximum atomic E-state index is 5.79. The molecule has 18 heavy (non-hydrogen) atoms. The predicted molar refractivity (Wildman–Crippen MR) is 73.5 cm³/mol. The number of nitrogens with one attached hydrogen (secondary N) is 1. The third-order valence-corrected chi connectivity index (χ3v) is 3.58. The van der Waals surface area contributed by atoms with Crippen molar-refractivity contribution in [3.63, 3.8) is 0 Å². The molecule has 1 fully saturated rings. The Labute approximate surface area is 108 Å². The highest BCUT2D eigenvalue weighted by molar-refractivity contribution is 5.60. The summed E-state index contributed by atoms with van der Waals surface area (Å²) in [5.74, 6) is 2.23. The molecule has 100 valence electrons. The monoisotopic (exact) mass is 250 g/mol. The third-order valence-electron chi connectivity index (χ3n) is 3.58. The van der Waals surface area contributed by atoms with Crippen LogP contribution in [-0.2, 0) is 0 Å². The van der Waals surface area contributed by atoms with E-state index < -0.39 is 0 Å². The van der Waals surface area contributed by atoms with Crippen LogP contribution in [-0.4, -0.2) is 26.8 Å². The summed E-state index contributed by atoms with van der Waals surface area (Å²) in [4.78, 5) is 0. The molecule has 0 aromatic heterocycles. The van der Waals surface area contributed by atoms with Crippen LogP contribution >= 0.6 is 0 Å². The average molecular weight is 250 g/mol. The molecular weight excluding hydrogens is 228 g/mol. The molecule has 3 N–H and O–H groups in total. The van der Waals surface area contributed by atoms with Crippen molar-refractivity contribution in [2.45, 2.75) is 25.8 Å². The molecule has 0 spiro atoms. The quantitative estimate of drug-likeness (QED) is 0.841. The fourth-order valence-electron chi connectivity index (χ4n) is 2.38. The minimum atomic E-state index is 0.406. The highest BCUT2D eigenvalue weighted by Crippen LogP contribution is 2.33. The average Bonchev–Trinajstić information content (AvgIpc) is 2.34. The lowest BCUT2D eigenvalue weighted by atomic mass is 9.81. The van der Waals surface area contributed by atoms with Crippen molar-refractivity contribution < 1.29 is 9.47 Å². The van der Waals surface area contributed by atoms with Crippen LogP contribution in [0.5, 0.6) is 11.5 Å². The number of hydrogen-bond acceptors (Lipinski definition) is 4. The SMILES string of the molecule is COc1cc(C)c(NCC2CC(N)C2)cc1OC. The van der Waals surface area contributed by atoms with E-state index in [4.69, 9.17) is 15.2 Å². The van der Waals surface area contributed by atoms with Crippen LogP contribution in [0.15, 0.2) is 12.1 Å². The fraction of sp³-hybridized carbons (Fsp3) is 0.571. The first-order valence-corrected chi connectivity index (χ1v) is 6.36. The van der Waals surface area contributed by atoms with Crippen LogP contribution in [0.1, 0.15) is 18.4 Å². The molecule has 0 unspecified atom stereocenters. The summed E-state index contributed by atoms with van der Waals surface area (Å²) in [7, 11) is 3.31. The van der Waals surface area contributed by atoms with Crippen molar-refractivity contribution in [3.8, 4) is 11.5 Å². The molecule has 1 aromatic carbocycles. The fourth-order valence-corrected chi connectivity index (χ4v) is 2.38. The summed E-state index contributed by atoms with van der Waals surface area (Å²) in [6.45, 7) is 3.04. The van der Waals surface area contributed by atoms with Gasteiger partial charge in [0.2, 0.25) is 0 Å². The first kappa shape index (κ1) is 13.0. The molecule has 1 saturated carbocycles. The van der Waals surface area contributed by atoms with E-state index in [2.05, 4.69) is 12.2 Å². The second-order valence-electron chi connectivity index (χ2n) is 5.00. The molecule has 0 bridgehead atoms. The third kappa shape index (κ3) is 2.70. The van der Waals surface area contributed by atoms with Gasteiger partial charge in [-0.05, 0) is 37.3 Å². The van der Waals surface area contributed by atoms with Crippen LogP contribution in [0.3, 0.4) is 0 Å². The lowest BCUT2D eigenvalue weighted by Gasteiger charge is -2.33. The Hall–Kier alpha value is -1.42. The van der Waals surface area contributed by atoms with Crippen LogP contribution in [0.25, 0.3) is 0 Å². The maximum Gasteiger partial charge on any atom is 0.162 e. The molecule has 2 rings (SSSR count). The Bertz CT molecular complexity index is 415. The highest BCUT2D eigenvalue weighted by atomic mass is 16.5. The molecule has 1 aromatic rings. The lowest BCUT2D eigenvalue weighted by Crippen LogP contribution is -2.39. The van der Waals surface area contributed by atoms with Crippen LogP contribution < -0.4 is 20.5 Å². The summed E-state index contributed by atoms with van der Waals surface area (Å²) in [6, 6.07) is 4.39. The van der Waals surface area contributed by atoms with Gasteiger partial charge in [-0.15, -0.1) is 0 Å². The molecular formula is C14H22N2O2. The van der Waals surface area contributed by atoms with Crippen molar-refractivity contribution in [1.29, 1.82) is 0 Å². The molecule has 0 heterocycles. The standard InChI is InChI=1S/C14H22N2O2/c1-9-4-13(17-2)14(18-3)7-12(9)16-8-10-5-11(15)6-10/h4,7,10-11,16H,5-6,8,15H2,1-3H3. The van der Waals surface area contributed by atoms with Crippen LogP contribution in [0.2, 0.25) is 0 Å². The number of rotatable bonds is 5. The predicted octanol–water partition coefficient (Wildman–Crippen LogP) is 2.16. The van der Waals surface area contributed by atoms with Crippen molar-refractivity contribution in [1.82, 2.24) is 0 Å². The zero-order valence-corrected chi connectivity index (χ0v) is 11.3. The topological polar surface area (TPSA) is 56.5 Å².